The number of hydrogen-bond acceptors (Lipinski definition) is 11. The molecule has 0 unspecified atom stereocenters. The third-order valence-corrected chi connectivity index (χ3v) is 12.2. The number of aromatic amines is 3. The predicted octanol–water partition coefficient (Wildman–Crippen LogP) is 6.99. The Morgan fingerprint density at radius 3 is 1.87 bits per heavy atom. The van der Waals surface area contributed by atoms with Crippen LogP contribution in [0.25, 0.3) is 22.1 Å². The van der Waals surface area contributed by atoms with Crippen LogP contribution < -0.4 is 20.4 Å². The number of hydrogen-bond donors (Lipinski definition) is 5. The van der Waals surface area contributed by atoms with Crippen molar-refractivity contribution in [1.29, 1.82) is 0 Å². The third-order valence-electron chi connectivity index (χ3n) is 10.5. The molecule has 2 aliphatic rings. The predicted molar refractivity (Wildman–Crippen MR) is 224 cm³/mol. The van der Waals surface area contributed by atoms with Gasteiger partial charge in [-0.2, -0.15) is 36.5 Å². The summed E-state index contributed by atoms with van der Waals surface area (Å²) >= 11 is 0. The van der Waals surface area contributed by atoms with Crippen LogP contribution in [0, 0.1) is 0 Å². The van der Waals surface area contributed by atoms with Crippen LogP contribution in [0.1, 0.15) is 54.2 Å². The van der Waals surface area contributed by atoms with E-state index in [1.165, 1.54) is 6.33 Å². The van der Waals surface area contributed by atoms with E-state index >= 15 is 0 Å². The van der Waals surface area contributed by atoms with Crippen LogP contribution in [-0.4, -0.2) is 103 Å². The Balaban J connectivity index is 0.000000207. The van der Waals surface area contributed by atoms with Gasteiger partial charge in [-0.3, -0.25) is 10.2 Å². The smallest absolute Gasteiger partial charge is 0.361 e. The van der Waals surface area contributed by atoms with E-state index in [1.54, 1.807) is 6.33 Å². The molecule has 5 N–H and O–H groups in total. The summed E-state index contributed by atoms with van der Waals surface area (Å²) < 4.78 is 81.9. The number of aromatic nitrogens is 10. The molecule has 0 atom stereocenters. The van der Waals surface area contributed by atoms with Crippen molar-refractivity contribution in [1.82, 2.24) is 60.5 Å². The highest BCUT2D eigenvalue weighted by Crippen LogP contribution is 2.31. The molecule has 0 spiro atoms. The maximum Gasteiger partial charge on any atom is 0.390 e. The van der Waals surface area contributed by atoms with Crippen LogP contribution in [-0.2, 0) is 50.5 Å². The van der Waals surface area contributed by atoms with Crippen molar-refractivity contribution in [3.05, 3.63) is 71.1 Å². The second-order valence-electron chi connectivity index (χ2n) is 16.2. The lowest BCUT2D eigenvalue weighted by atomic mass is 10.0. The van der Waals surface area contributed by atoms with Crippen LogP contribution in [0.2, 0.25) is 25.7 Å². The third kappa shape index (κ3) is 11.9. The van der Waals surface area contributed by atoms with E-state index in [2.05, 4.69) is 85.4 Å². The lowest BCUT2D eigenvalue weighted by Gasteiger charge is -2.28. The highest BCUT2D eigenvalue weighted by molar-refractivity contribution is 6.76. The fraction of sp³-hybridized carbons (Fsp3) is 0.538. The van der Waals surface area contributed by atoms with E-state index in [9.17, 15) is 26.3 Å². The van der Waals surface area contributed by atoms with E-state index in [0.717, 1.165) is 106 Å². The molecule has 332 valence electrons. The molecule has 15 nitrogen and oxygen atoms in total. The minimum atomic E-state index is -4.16. The summed E-state index contributed by atoms with van der Waals surface area (Å²) in [6.07, 6.45) is -1.59. The Bertz CT molecular complexity index is 2330. The Morgan fingerprint density at radius 1 is 0.754 bits per heavy atom. The van der Waals surface area contributed by atoms with Crippen LogP contribution in [0.15, 0.2) is 37.2 Å². The largest absolute Gasteiger partial charge is 0.390 e. The molecule has 22 heteroatoms. The molecule has 0 radical (unpaired) electrons. The summed E-state index contributed by atoms with van der Waals surface area (Å²) in [5.41, 5.74) is 7.22. The highest BCUT2D eigenvalue weighted by Gasteiger charge is 2.29. The van der Waals surface area contributed by atoms with Crippen LogP contribution in [0.3, 0.4) is 0 Å². The van der Waals surface area contributed by atoms with Gasteiger partial charge < -0.3 is 34.7 Å². The van der Waals surface area contributed by atoms with Gasteiger partial charge in [-0.15, -0.1) is 0 Å². The molecular weight excluding hydrogens is 823 g/mol. The Hall–Kier alpha value is -5.06. The number of nitrogens with one attached hydrogen (secondary N) is 5. The molecule has 0 bridgehead atoms. The normalized spacial score (nSPS) is 14.5. The number of anilines is 2. The summed E-state index contributed by atoms with van der Waals surface area (Å²) in [7, 11) is -1.14. The van der Waals surface area contributed by atoms with Crippen LogP contribution >= 0.6 is 0 Å². The van der Waals surface area contributed by atoms with Crippen molar-refractivity contribution < 1.29 is 31.1 Å². The zero-order valence-electron chi connectivity index (χ0n) is 33.8. The molecule has 61 heavy (non-hydrogen) atoms. The van der Waals surface area contributed by atoms with Gasteiger partial charge in [-0.25, -0.2) is 19.9 Å². The van der Waals surface area contributed by atoms with Crippen molar-refractivity contribution in [2.45, 2.75) is 104 Å². The van der Waals surface area contributed by atoms with Gasteiger partial charge in [-0.05, 0) is 18.2 Å². The topological polar surface area (TPSA) is 169 Å². The van der Waals surface area contributed by atoms with Crippen LogP contribution in [0.5, 0.6) is 0 Å². The number of H-pyrrole nitrogens is 3. The molecule has 0 fully saturated rings. The summed E-state index contributed by atoms with van der Waals surface area (Å²) in [6, 6.07) is 5.06. The molecule has 0 amide bonds. The quantitative estimate of drug-likeness (QED) is 0.0410. The fourth-order valence-corrected chi connectivity index (χ4v) is 7.99. The molecule has 0 aliphatic carbocycles. The van der Waals surface area contributed by atoms with E-state index in [1.807, 2.05) is 29.1 Å². The van der Waals surface area contributed by atoms with Gasteiger partial charge in [0.1, 0.15) is 42.3 Å². The van der Waals surface area contributed by atoms with Gasteiger partial charge in [-0.1, -0.05) is 27.1 Å². The summed E-state index contributed by atoms with van der Waals surface area (Å²) in [4.78, 5) is 25.1. The first-order valence-corrected chi connectivity index (χ1v) is 23.6. The lowest BCUT2D eigenvalue weighted by Crippen LogP contribution is -2.32. The van der Waals surface area contributed by atoms with Gasteiger partial charge >= 0.3 is 12.4 Å². The minimum absolute atomic E-state index is 0. The maximum atomic E-state index is 12.4. The Labute approximate surface area is 350 Å². The molecular formula is C39H54F6N14OSi. The molecule has 8 rings (SSSR count). The van der Waals surface area contributed by atoms with Gasteiger partial charge in [0.25, 0.3) is 0 Å². The standard InChI is InChI=1S/C22H32F3N7OSi.C16H18F3N7.CH4/c1-34(2,3)11-10-33-15-32-8-4-16-20(27-14-28-21(16)32)31-9-5-18-17(13-31)19(30-29-18)12-26-7-6-22(23,24)25;17-16(18,19)3-5-20-7-13-11-8-26(6-2-12(11)24-25-13)15-10-1-4-21-14(10)22-9-23-15;/h4,8,14,26H,5-7,9-13,15H2,1-3H3,(H,29,30);1,4,9,20H,2-3,5-8H2,(H,24,25)(H,21,22,23);1H4. The van der Waals surface area contributed by atoms with Gasteiger partial charge in [0.05, 0.1) is 35.0 Å². The van der Waals surface area contributed by atoms with Gasteiger partial charge in [0.15, 0.2) is 0 Å². The molecule has 8 heterocycles. The average Bonchev–Trinajstić information content (AvgIpc) is 4.01. The van der Waals surface area contributed by atoms with E-state index < -0.39 is 33.3 Å². The van der Waals surface area contributed by atoms with Gasteiger partial charge in [0, 0.05) is 115 Å². The Kier molecular flexibility index (Phi) is 14.4. The van der Waals surface area contributed by atoms with Crippen molar-refractivity contribution >= 4 is 41.8 Å². The molecule has 0 saturated carbocycles. The summed E-state index contributed by atoms with van der Waals surface area (Å²) in [5, 5.41) is 22.3. The summed E-state index contributed by atoms with van der Waals surface area (Å²) in [5.74, 6) is 1.69. The second kappa shape index (κ2) is 19.3. The highest BCUT2D eigenvalue weighted by atomic mass is 28.3. The SMILES string of the molecule is C.C[Si](C)(C)CCOCn1ccc2c(N3CCc4[nH]nc(CNCCC(F)(F)F)c4C3)ncnc21.FC(F)(F)CCNCc1n[nH]c2c1CN(c1ncnc3[nH]ccc13)CC2. The van der Waals surface area contributed by atoms with Crippen molar-refractivity contribution in [2.24, 2.45) is 0 Å². The van der Waals surface area contributed by atoms with E-state index in [0.29, 0.717) is 32.9 Å². The van der Waals surface area contributed by atoms with Crippen LogP contribution in [0.4, 0.5) is 38.0 Å². The fourth-order valence-electron chi connectivity index (χ4n) is 7.23. The maximum absolute atomic E-state index is 12.4. The first-order valence-electron chi connectivity index (χ1n) is 19.9. The second-order valence-corrected chi connectivity index (χ2v) is 21.8. The molecule has 6 aromatic rings. The Morgan fingerprint density at radius 2 is 1.31 bits per heavy atom. The number of rotatable bonds is 15. The lowest BCUT2D eigenvalue weighted by molar-refractivity contribution is -0.134. The molecule has 2 aliphatic heterocycles. The number of ether oxygens (including phenoxy) is 1. The van der Waals surface area contributed by atoms with Crippen molar-refractivity contribution in [3.8, 4) is 0 Å². The first-order chi connectivity index (χ1) is 28.6. The summed E-state index contributed by atoms with van der Waals surface area (Å²) in [6.45, 7) is 11.3. The number of nitrogens with zero attached hydrogens (tertiary/aromatic N) is 9. The molecule has 0 aromatic carbocycles. The zero-order chi connectivity index (χ0) is 42.5. The number of alkyl halides is 6. The van der Waals surface area contributed by atoms with Gasteiger partial charge in [0.2, 0.25) is 0 Å². The first kappa shape index (κ1) is 45.5. The number of halogens is 6. The van der Waals surface area contributed by atoms with Crippen molar-refractivity contribution in [3.63, 3.8) is 0 Å². The minimum Gasteiger partial charge on any atom is -0.361 e. The zero-order valence-corrected chi connectivity index (χ0v) is 34.8. The molecule has 6 aromatic heterocycles. The van der Waals surface area contributed by atoms with E-state index in [4.69, 9.17) is 4.74 Å². The van der Waals surface area contributed by atoms with E-state index in [-0.39, 0.29) is 20.5 Å². The number of fused-ring (bicyclic) bond motifs is 4. The monoisotopic (exact) mass is 876 g/mol. The van der Waals surface area contributed by atoms with Crippen molar-refractivity contribution in [2.75, 3.05) is 42.6 Å². The average molecular weight is 877 g/mol. The molecule has 0 saturated heterocycles.